The number of nitrogens with one attached hydrogen (secondary N) is 1. The summed E-state index contributed by atoms with van der Waals surface area (Å²) in [5, 5.41) is 3.85. The molecule has 0 unspecified atom stereocenters. The van der Waals surface area contributed by atoms with Gasteiger partial charge in [0.25, 0.3) is 0 Å². The van der Waals surface area contributed by atoms with Crippen molar-refractivity contribution >= 4 is 22.5 Å². The van der Waals surface area contributed by atoms with Crippen LogP contribution in [0.4, 0.5) is 11.5 Å². The molecule has 7 rings (SSSR count). The molecule has 1 aliphatic carbocycles. The van der Waals surface area contributed by atoms with E-state index < -0.39 is 0 Å². The summed E-state index contributed by atoms with van der Waals surface area (Å²) in [7, 11) is 0. The number of anilines is 2. The molecule has 5 aromatic carbocycles. The number of para-hydroxylation sites is 2. The minimum Gasteiger partial charge on any atom is -0.338 e. The molecule has 0 aliphatic heterocycles. The SMILES string of the molecule is CC1(C)c2ccccc2-c2ccc(-c3ccccc3)c(Nc3nc4ccccc4nc3-c3ccccc3)c21. The lowest BCUT2D eigenvalue weighted by Gasteiger charge is -2.27. The zero-order valence-corrected chi connectivity index (χ0v) is 21.4. The van der Waals surface area contributed by atoms with Crippen LogP contribution in [0.1, 0.15) is 25.0 Å². The second-order valence-corrected chi connectivity index (χ2v) is 10.3. The Bertz CT molecular complexity index is 1810. The molecule has 0 saturated heterocycles. The lowest BCUT2D eigenvalue weighted by Crippen LogP contribution is -2.17. The molecule has 0 atom stereocenters. The standard InChI is InChI=1S/C35H27N3/c1-35(2)28-18-10-9-17-26(28)27-22-21-25(23-13-5-3-6-14-23)33(31(27)35)38-34-32(24-15-7-4-8-16-24)36-29-19-11-12-20-30(29)37-34/h3-22H,1-2H3,(H,37,38). The Morgan fingerprint density at radius 2 is 1.11 bits per heavy atom. The van der Waals surface area contributed by atoms with Crippen LogP contribution in [0.2, 0.25) is 0 Å². The summed E-state index contributed by atoms with van der Waals surface area (Å²) in [4.78, 5) is 10.2. The van der Waals surface area contributed by atoms with Gasteiger partial charge in [-0.3, -0.25) is 0 Å². The van der Waals surface area contributed by atoms with E-state index in [4.69, 9.17) is 9.97 Å². The van der Waals surface area contributed by atoms with Crippen LogP contribution in [-0.4, -0.2) is 9.97 Å². The number of nitrogens with zero attached hydrogens (tertiary/aromatic N) is 2. The van der Waals surface area contributed by atoms with Crippen molar-refractivity contribution in [2.75, 3.05) is 5.32 Å². The average Bonchev–Trinajstić information content (AvgIpc) is 3.20. The fourth-order valence-corrected chi connectivity index (χ4v) is 5.86. The molecule has 0 spiro atoms. The number of hydrogen-bond donors (Lipinski definition) is 1. The Balaban J connectivity index is 1.51. The van der Waals surface area contributed by atoms with E-state index in [1.807, 2.05) is 42.5 Å². The summed E-state index contributed by atoms with van der Waals surface area (Å²) in [5.41, 5.74) is 12.0. The molecule has 38 heavy (non-hydrogen) atoms. The second-order valence-electron chi connectivity index (χ2n) is 10.3. The van der Waals surface area contributed by atoms with Crippen molar-refractivity contribution in [2.24, 2.45) is 0 Å². The predicted molar refractivity (Wildman–Crippen MR) is 158 cm³/mol. The van der Waals surface area contributed by atoms with Gasteiger partial charge in [0.1, 0.15) is 5.69 Å². The highest BCUT2D eigenvalue weighted by Crippen LogP contribution is 2.54. The summed E-state index contributed by atoms with van der Waals surface area (Å²) >= 11 is 0. The first-order chi connectivity index (χ1) is 18.6. The number of hydrogen-bond acceptors (Lipinski definition) is 3. The van der Waals surface area contributed by atoms with E-state index in [2.05, 4.69) is 98.0 Å². The molecule has 1 aromatic heterocycles. The van der Waals surface area contributed by atoms with Gasteiger partial charge in [-0.25, -0.2) is 9.97 Å². The predicted octanol–water partition coefficient (Wildman–Crippen LogP) is 9.01. The van der Waals surface area contributed by atoms with Gasteiger partial charge in [-0.1, -0.05) is 123 Å². The number of aromatic nitrogens is 2. The Morgan fingerprint density at radius 1 is 0.526 bits per heavy atom. The van der Waals surface area contributed by atoms with Gasteiger partial charge in [-0.15, -0.1) is 0 Å². The van der Waals surface area contributed by atoms with Gasteiger partial charge < -0.3 is 5.32 Å². The largest absolute Gasteiger partial charge is 0.338 e. The first-order valence-corrected chi connectivity index (χ1v) is 13.0. The van der Waals surface area contributed by atoms with Crippen molar-refractivity contribution < 1.29 is 0 Å². The monoisotopic (exact) mass is 489 g/mol. The molecular formula is C35H27N3. The minimum atomic E-state index is -0.184. The first-order valence-electron chi connectivity index (χ1n) is 13.0. The van der Waals surface area contributed by atoms with E-state index in [1.165, 1.54) is 27.8 Å². The maximum absolute atomic E-state index is 5.13. The second kappa shape index (κ2) is 8.67. The topological polar surface area (TPSA) is 37.8 Å². The Hall–Kier alpha value is -4.76. The zero-order chi connectivity index (χ0) is 25.7. The molecule has 1 N–H and O–H groups in total. The fraction of sp³-hybridized carbons (Fsp3) is 0.0857. The summed E-state index contributed by atoms with van der Waals surface area (Å²) in [6.45, 7) is 4.64. The smallest absolute Gasteiger partial charge is 0.157 e. The van der Waals surface area contributed by atoms with E-state index in [9.17, 15) is 0 Å². The van der Waals surface area contributed by atoms with Crippen molar-refractivity contribution in [3.63, 3.8) is 0 Å². The van der Waals surface area contributed by atoms with Gasteiger partial charge >= 0.3 is 0 Å². The van der Waals surface area contributed by atoms with Crippen LogP contribution in [0.3, 0.4) is 0 Å². The highest BCUT2D eigenvalue weighted by Gasteiger charge is 2.38. The molecule has 0 saturated carbocycles. The zero-order valence-electron chi connectivity index (χ0n) is 21.4. The third-order valence-corrected chi connectivity index (χ3v) is 7.67. The number of fused-ring (bicyclic) bond motifs is 4. The van der Waals surface area contributed by atoms with E-state index in [0.29, 0.717) is 0 Å². The summed E-state index contributed by atoms with van der Waals surface area (Å²) in [6, 6.07) is 42.3. The van der Waals surface area contributed by atoms with Gasteiger partial charge in [0.05, 0.1) is 16.7 Å². The Kier molecular flexibility index (Phi) is 5.12. The molecule has 1 heterocycles. The highest BCUT2D eigenvalue weighted by molar-refractivity contribution is 5.96. The Morgan fingerprint density at radius 3 is 1.84 bits per heavy atom. The molecule has 1 aliphatic rings. The number of benzene rings is 5. The molecule has 3 nitrogen and oxygen atoms in total. The van der Waals surface area contributed by atoms with Gasteiger partial charge in [0.15, 0.2) is 5.82 Å². The molecule has 3 heteroatoms. The lowest BCUT2D eigenvalue weighted by atomic mass is 9.80. The molecule has 0 bridgehead atoms. The minimum absolute atomic E-state index is 0.184. The summed E-state index contributed by atoms with van der Waals surface area (Å²) in [5.74, 6) is 0.757. The van der Waals surface area contributed by atoms with E-state index >= 15 is 0 Å². The Labute approximate surface area is 222 Å². The molecule has 0 radical (unpaired) electrons. The molecule has 0 amide bonds. The molecule has 182 valence electrons. The van der Waals surface area contributed by atoms with Crippen LogP contribution in [0.5, 0.6) is 0 Å². The van der Waals surface area contributed by atoms with Crippen LogP contribution < -0.4 is 5.32 Å². The van der Waals surface area contributed by atoms with E-state index in [1.54, 1.807) is 0 Å². The summed E-state index contributed by atoms with van der Waals surface area (Å²) < 4.78 is 0. The van der Waals surface area contributed by atoms with Gasteiger partial charge in [0, 0.05) is 16.5 Å². The maximum Gasteiger partial charge on any atom is 0.157 e. The number of rotatable bonds is 4. The summed E-state index contributed by atoms with van der Waals surface area (Å²) in [6.07, 6.45) is 0. The fourth-order valence-electron chi connectivity index (χ4n) is 5.86. The maximum atomic E-state index is 5.13. The van der Waals surface area contributed by atoms with Crippen LogP contribution in [0, 0.1) is 0 Å². The van der Waals surface area contributed by atoms with Crippen molar-refractivity contribution in [1.82, 2.24) is 9.97 Å². The van der Waals surface area contributed by atoms with Crippen molar-refractivity contribution in [1.29, 1.82) is 0 Å². The van der Waals surface area contributed by atoms with Gasteiger partial charge in [-0.05, 0) is 39.9 Å². The normalized spacial score (nSPS) is 13.2. The van der Waals surface area contributed by atoms with Crippen LogP contribution in [0.25, 0.3) is 44.5 Å². The molecule has 6 aromatic rings. The van der Waals surface area contributed by atoms with Gasteiger partial charge in [-0.2, -0.15) is 0 Å². The van der Waals surface area contributed by atoms with Crippen LogP contribution in [-0.2, 0) is 5.41 Å². The first kappa shape index (κ1) is 22.4. The third kappa shape index (κ3) is 3.51. The van der Waals surface area contributed by atoms with E-state index in [0.717, 1.165) is 39.4 Å². The van der Waals surface area contributed by atoms with Crippen LogP contribution in [0.15, 0.2) is 121 Å². The third-order valence-electron chi connectivity index (χ3n) is 7.67. The van der Waals surface area contributed by atoms with Crippen molar-refractivity contribution in [3.8, 4) is 33.5 Å². The van der Waals surface area contributed by atoms with Gasteiger partial charge in [0.2, 0.25) is 0 Å². The van der Waals surface area contributed by atoms with Crippen LogP contribution >= 0.6 is 0 Å². The quantitative estimate of drug-likeness (QED) is 0.268. The lowest BCUT2D eigenvalue weighted by molar-refractivity contribution is 0.662. The highest BCUT2D eigenvalue weighted by atomic mass is 15.0. The molecule has 0 fully saturated rings. The average molecular weight is 490 g/mol. The van der Waals surface area contributed by atoms with Crippen molar-refractivity contribution in [2.45, 2.75) is 19.3 Å². The van der Waals surface area contributed by atoms with Crippen molar-refractivity contribution in [3.05, 3.63) is 132 Å². The molecular weight excluding hydrogens is 462 g/mol. The van der Waals surface area contributed by atoms with E-state index in [-0.39, 0.29) is 5.41 Å².